The number of likely N-dealkylation sites (tertiary alicyclic amines) is 1. The number of alkyl halides is 3. The quantitative estimate of drug-likeness (QED) is 0.472. The number of halogens is 3. The highest BCUT2D eigenvalue weighted by atomic mass is 32.1. The summed E-state index contributed by atoms with van der Waals surface area (Å²) < 4.78 is 37.7. The molecule has 2 rings (SSSR count). The molecule has 1 aliphatic heterocycles. The second kappa shape index (κ2) is 8.66. The third-order valence-corrected chi connectivity index (χ3v) is 4.74. The first kappa shape index (κ1) is 19.7. The lowest BCUT2D eigenvalue weighted by Crippen LogP contribution is -2.48. The molecule has 0 radical (unpaired) electrons. The topological polar surface area (TPSA) is 52.5 Å². The molecule has 0 aliphatic carbocycles. The largest absolute Gasteiger partial charge is 0.434 e. The van der Waals surface area contributed by atoms with E-state index >= 15 is 0 Å². The molecule has 0 unspecified atom stereocenters. The van der Waals surface area contributed by atoms with E-state index in [1.807, 2.05) is 6.92 Å². The molecule has 1 fully saturated rings. The van der Waals surface area contributed by atoms with Crippen molar-refractivity contribution in [2.75, 3.05) is 26.7 Å². The highest BCUT2D eigenvalue weighted by molar-refractivity contribution is 7.09. The Kier molecular flexibility index (Phi) is 6.83. The third kappa shape index (κ3) is 6.32. The molecular weight excluding hydrogens is 351 g/mol. The molecule has 0 saturated carbocycles. The summed E-state index contributed by atoms with van der Waals surface area (Å²) in [4.78, 5) is 10.1. The van der Waals surface area contributed by atoms with Gasteiger partial charge in [0.2, 0.25) is 0 Å². The highest BCUT2D eigenvalue weighted by Gasteiger charge is 2.33. The second-order valence-corrected chi connectivity index (χ2v) is 7.14. The average molecular weight is 375 g/mol. The minimum atomic E-state index is -4.40. The van der Waals surface area contributed by atoms with Gasteiger partial charge in [0.15, 0.2) is 11.7 Å². The van der Waals surface area contributed by atoms with Gasteiger partial charge in [-0.2, -0.15) is 13.2 Å². The van der Waals surface area contributed by atoms with Crippen LogP contribution in [-0.2, 0) is 12.7 Å². The van der Waals surface area contributed by atoms with E-state index in [1.54, 1.807) is 7.05 Å². The van der Waals surface area contributed by atoms with Crippen molar-refractivity contribution in [1.82, 2.24) is 20.5 Å². The van der Waals surface area contributed by atoms with Crippen molar-refractivity contribution in [3.05, 3.63) is 28.2 Å². The van der Waals surface area contributed by atoms with Crippen LogP contribution in [-0.4, -0.2) is 48.6 Å². The summed E-state index contributed by atoms with van der Waals surface area (Å²) in [5.74, 6) is 0.585. The van der Waals surface area contributed by atoms with Crippen LogP contribution in [0.4, 0.5) is 13.2 Å². The van der Waals surface area contributed by atoms with Crippen LogP contribution >= 0.6 is 11.3 Å². The van der Waals surface area contributed by atoms with Crippen molar-refractivity contribution in [3.8, 4) is 0 Å². The number of guanidine groups is 1. The van der Waals surface area contributed by atoms with Gasteiger partial charge in [-0.05, 0) is 19.8 Å². The molecule has 1 aromatic heterocycles. The maximum absolute atomic E-state index is 12.6. The number of nitrogens with one attached hydrogen (secondary N) is 2. The first-order valence-corrected chi connectivity index (χ1v) is 9.01. The van der Waals surface area contributed by atoms with Gasteiger partial charge < -0.3 is 10.6 Å². The normalized spacial score (nSPS) is 17.6. The van der Waals surface area contributed by atoms with E-state index in [9.17, 15) is 13.2 Å². The van der Waals surface area contributed by atoms with Gasteiger partial charge in [0.1, 0.15) is 5.01 Å². The smallest absolute Gasteiger partial charge is 0.354 e. The lowest BCUT2D eigenvalue weighted by molar-refractivity contribution is -0.140. The average Bonchev–Trinajstić information content (AvgIpc) is 3.02. The molecule has 2 N–H and O–H groups in total. The summed E-state index contributed by atoms with van der Waals surface area (Å²) in [6, 6.07) is 0.301. The molecule has 0 atom stereocenters. The number of piperidine rings is 1. The van der Waals surface area contributed by atoms with Crippen LogP contribution < -0.4 is 10.6 Å². The van der Waals surface area contributed by atoms with Gasteiger partial charge in [-0.3, -0.25) is 9.89 Å². The zero-order valence-corrected chi connectivity index (χ0v) is 15.3. The SMILES string of the molecule is C=C(C)CN1CCC(NC(=NC)NCc2nc(C(F)(F)F)cs2)CC1. The van der Waals surface area contributed by atoms with Crippen LogP contribution in [0.2, 0.25) is 0 Å². The monoisotopic (exact) mass is 375 g/mol. The fourth-order valence-electron chi connectivity index (χ4n) is 2.69. The fraction of sp³-hybridized carbons (Fsp3) is 0.625. The van der Waals surface area contributed by atoms with E-state index in [4.69, 9.17) is 0 Å². The fourth-order valence-corrected chi connectivity index (χ4v) is 3.43. The van der Waals surface area contributed by atoms with Gasteiger partial charge in [-0.15, -0.1) is 11.3 Å². The lowest BCUT2D eigenvalue weighted by Gasteiger charge is -2.33. The van der Waals surface area contributed by atoms with Crippen LogP contribution in [0.1, 0.15) is 30.5 Å². The van der Waals surface area contributed by atoms with Crippen LogP contribution in [0, 0.1) is 0 Å². The molecule has 1 aliphatic rings. The summed E-state index contributed by atoms with van der Waals surface area (Å²) in [6.45, 7) is 9.08. The van der Waals surface area contributed by atoms with Crippen molar-refractivity contribution in [1.29, 1.82) is 0 Å². The summed E-state index contributed by atoms with van der Waals surface area (Å²) in [7, 11) is 1.65. The Balaban J connectivity index is 1.78. The van der Waals surface area contributed by atoms with E-state index < -0.39 is 11.9 Å². The molecule has 0 aromatic carbocycles. The van der Waals surface area contributed by atoms with Crippen molar-refractivity contribution >= 4 is 17.3 Å². The van der Waals surface area contributed by atoms with Gasteiger partial charge >= 0.3 is 6.18 Å². The molecule has 140 valence electrons. The Bertz CT molecular complexity index is 603. The predicted octanol–water partition coefficient (Wildman–Crippen LogP) is 2.87. The summed E-state index contributed by atoms with van der Waals surface area (Å²) >= 11 is 0.990. The van der Waals surface area contributed by atoms with E-state index in [1.165, 1.54) is 0 Å². The van der Waals surface area contributed by atoms with Crippen molar-refractivity contribution in [2.24, 2.45) is 4.99 Å². The standard InChI is InChI=1S/C16H24F3N5S/c1-11(2)9-24-6-4-12(5-7-24)22-15(20-3)21-8-14-23-13(10-25-14)16(17,18)19/h10,12H,1,4-9H2,2-3H3,(H2,20,21,22). The number of nitrogens with zero attached hydrogens (tertiary/aromatic N) is 3. The zero-order chi connectivity index (χ0) is 18.4. The Morgan fingerprint density at radius 1 is 1.44 bits per heavy atom. The van der Waals surface area contributed by atoms with E-state index in [0.717, 1.165) is 54.8 Å². The van der Waals surface area contributed by atoms with Crippen molar-refractivity contribution in [2.45, 2.75) is 38.5 Å². The van der Waals surface area contributed by atoms with Gasteiger partial charge in [0.25, 0.3) is 0 Å². The molecule has 5 nitrogen and oxygen atoms in total. The van der Waals surface area contributed by atoms with Crippen molar-refractivity contribution < 1.29 is 13.2 Å². The molecule has 2 heterocycles. The number of aliphatic imine (C=N–C) groups is 1. The van der Waals surface area contributed by atoms with Gasteiger partial charge in [0, 0.05) is 38.1 Å². The van der Waals surface area contributed by atoms with Gasteiger partial charge in [-0.25, -0.2) is 4.98 Å². The molecule has 1 saturated heterocycles. The molecule has 0 amide bonds. The first-order chi connectivity index (χ1) is 11.8. The maximum atomic E-state index is 12.6. The number of hydrogen-bond donors (Lipinski definition) is 2. The van der Waals surface area contributed by atoms with E-state index in [2.05, 4.69) is 32.1 Å². The lowest BCUT2D eigenvalue weighted by atomic mass is 10.0. The Labute approximate surface area is 150 Å². The number of aromatic nitrogens is 1. The Morgan fingerprint density at radius 2 is 2.12 bits per heavy atom. The van der Waals surface area contributed by atoms with Crippen LogP contribution in [0.5, 0.6) is 0 Å². The first-order valence-electron chi connectivity index (χ1n) is 8.13. The molecule has 0 spiro atoms. The Morgan fingerprint density at radius 3 is 2.64 bits per heavy atom. The van der Waals surface area contributed by atoms with Crippen LogP contribution in [0.25, 0.3) is 0 Å². The number of thiazole rings is 1. The highest BCUT2D eigenvalue weighted by Crippen LogP contribution is 2.29. The Hall–Kier alpha value is -1.61. The van der Waals surface area contributed by atoms with Crippen LogP contribution in [0.3, 0.4) is 0 Å². The minimum absolute atomic E-state index is 0.217. The minimum Gasteiger partial charge on any atom is -0.354 e. The van der Waals surface area contributed by atoms with Gasteiger partial charge in [-0.1, -0.05) is 12.2 Å². The van der Waals surface area contributed by atoms with Crippen LogP contribution in [0.15, 0.2) is 22.5 Å². The molecule has 1 aromatic rings. The van der Waals surface area contributed by atoms with Gasteiger partial charge in [0.05, 0.1) is 6.54 Å². The molecule has 25 heavy (non-hydrogen) atoms. The molecule has 0 bridgehead atoms. The third-order valence-electron chi connectivity index (χ3n) is 3.89. The van der Waals surface area contributed by atoms with E-state index in [-0.39, 0.29) is 6.54 Å². The van der Waals surface area contributed by atoms with Crippen molar-refractivity contribution in [3.63, 3.8) is 0 Å². The summed E-state index contributed by atoms with van der Waals surface area (Å²) in [5, 5.41) is 7.78. The summed E-state index contributed by atoms with van der Waals surface area (Å²) in [5.41, 5.74) is 0.313. The van der Waals surface area contributed by atoms with E-state index in [0.29, 0.717) is 17.0 Å². The maximum Gasteiger partial charge on any atom is 0.434 e. The summed E-state index contributed by atoms with van der Waals surface area (Å²) in [6.07, 6.45) is -2.42. The zero-order valence-electron chi connectivity index (χ0n) is 14.5. The number of rotatable bonds is 5. The number of hydrogen-bond acceptors (Lipinski definition) is 4. The molecular formula is C16H24F3N5S. The second-order valence-electron chi connectivity index (χ2n) is 6.20. The predicted molar refractivity (Wildman–Crippen MR) is 94.7 cm³/mol. The molecule has 9 heteroatoms.